The maximum atomic E-state index is 14.1. The fraction of sp³-hybridized carbons (Fsp3) is 0.418. The number of imide groups is 1. The molecule has 0 radical (unpaired) electrons. The molecule has 9 rings (SSSR count). The zero-order valence-corrected chi connectivity index (χ0v) is 41.8. The summed E-state index contributed by atoms with van der Waals surface area (Å²) < 4.78 is 11.5. The molecule has 4 heterocycles. The van der Waals surface area contributed by atoms with Crippen molar-refractivity contribution in [2.75, 3.05) is 55.1 Å². The molecule has 0 spiro atoms. The Labute approximate surface area is 422 Å². The summed E-state index contributed by atoms with van der Waals surface area (Å²) in [4.78, 5) is 93.5. The van der Waals surface area contributed by atoms with Crippen LogP contribution in [0.4, 0.5) is 17.1 Å². The van der Waals surface area contributed by atoms with Crippen LogP contribution in [0, 0.1) is 41.9 Å². The smallest absolute Gasteiger partial charge is 0.255 e. The number of likely N-dealkylation sites (tertiary alicyclic amines) is 1. The molecule has 2 aliphatic carbocycles. The first-order valence-corrected chi connectivity index (χ1v) is 25.6. The van der Waals surface area contributed by atoms with Crippen molar-refractivity contribution in [1.29, 1.82) is 0 Å². The molecule has 17 heteroatoms. The number of pyridine rings is 1. The summed E-state index contributed by atoms with van der Waals surface area (Å²) in [7, 11) is 0. The number of aromatic nitrogens is 2. The summed E-state index contributed by atoms with van der Waals surface area (Å²) in [6.07, 6.45) is 6.05. The zero-order valence-electron chi connectivity index (χ0n) is 41.0. The molecular formula is C55H61N7O9S. The normalized spacial score (nSPS) is 21.7. The predicted molar refractivity (Wildman–Crippen MR) is 274 cm³/mol. The largest absolute Gasteiger partial charge is 0.391 e. The average Bonchev–Trinajstić information content (AvgIpc) is 4.22. The van der Waals surface area contributed by atoms with Crippen LogP contribution in [0.15, 0.2) is 96.7 Å². The first kappa shape index (κ1) is 50.4. The molecule has 7 atom stereocenters. The van der Waals surface area contributed by atoms with Gasteiger partial charge < -0.3 is 35.4 Å². The topological polar surface area (TPSA) is 209 Å². The summed E-state index contributed by atoms with van der Waals surface area (Å²) in [5.74, 6) is -2.55. The molecule has 2 saturated heterocycles. The number of Topliss-reactive ketones (excluding diaryl/α,β-unsaturated/α-hetero) is 1. The van der Waals surface area contributed by atoms with E-state index in [1.807, 2.05) is 58.0 Å². The summed E-state index contributed by atoms with van der Waals surface area (Å²) in [5.41, 5.74) is 6.73. The Morgan fingerprint density at radius 3 is 2.24 bits per heavy atom. The summed E-state index contributed by atoms with van der Waals surface area (Å²) in [6.45, 7) is 9.95. The Bertz CT molecular complexity index is 2850. The number of aliphatic hydroxyl groups excluding tert-OH is 1. The third-order valence-electron chi connectivity index (χ3n) is 14.4. The van der Waals surface area contributed by atoms with E-state index < -0.39 is 23.5 Å². The molecule has 72 heavy (non-hydrogen) atoms. The number of para-hydroxylation sites is 1. The van der Waals surface area contributed by atoms with Gasteiger partial charge in [-0.05, 0) is 90.3 Å². The molecule has 3 fully saturated rings. The number of aryl methyl sites for hydroxylation is 1. The van der Waals surface area contributed by atoms with Gasteiger partial charge in [-0.25, -0.2) is 4.98 Å². The second-order valence-electron chi connectivity index (χ2n) is 20.2. The number of benzene rings is 3. The Morgan fingerprint density at radius 1 is 0.847 bits per heavy atom. The highest BCUT2D eigenvalue weighted by Gasteiger charge is 2.59. The predicted octanol–water partition coefficient (Wildman–Crippen LogP) is 6.97. The molecule has 5 aromatic rings. The van der Waals surface area contributed by atoms with Crippen LogP contribution in [0.3, 0.4) is 0 Å². The molecule has 5 amide bonds. The maximum Gasteiger partial charge on any atom is 0.255 e. The molecule has 16 nitrogen and oxygen atoms in total. The summed E-state index contributed by atoms with van der Waals surface area (Å²) >= 11 is 1.54. The van der Waals surface area contributed by atoms with E-state index >= 15 is 0 Å². The van der Waals surface area contributed by atoms with Crippen LogP contribution in [-0.4, -0.2) is 107 Å². The van der Waals surface area contributed by atoms with E-state index in [-0.39, 0.29) is 98.0 Å². The lowest BCUT2D eigenvalue weighted by molar-refractivity contribution is -0.145. The van der Waals surface area contributed by atoms with Gasteiger partial charge in [0, 0.05) is 67.6 Å². The lowest BCUT2D eigenvalue weighted by Gasteiger charge is -2.34. The number of hydrogen-bond acceptors (Lipinski definition) is 13. The highest BCUT2D eigenvalue weighted by Crippen LogP contribution is 2.53. The summed E-state index contributed by atoms with van der Waals surface area (Å²) in [5, 5.41) is 20.8. The third kappa shape index (κ3) is 10.8. The third-order valence-corrected chi connectivity index (χ3v) is 15.4. The molecule has 2 aliphatic heterocycles. The number of thiazole rings is 1. The lowest BCUT2D eigenvalue weighted by Crippen LogP contribution is -2.48. The van der Waals surface area contributed by atoms with Crippen LogP contribution in [-0.2, 0) is 40.0 Å². The molecule has 2 aromatic heterocycles. The van der Waals surface area contributed by atoms with Crippen LogP contribution in [0.5, 0.6) is 0 Å². The van der Waals surface area contributed by atoms with E-state index in [2.05, 4.69) is 38.1 Å². The van der Waals surface area contributed by atoms with Gasteiger partial charge in [-0.2, -0.15) is 0 Å². The van der Waals surface area contributed by atoms with Crippen LogP contribution in [0.25, 0.3) is 21.3 Å². The molecule has 1 saturated carbocycles. The standard InChI is InChI=1S/C55H61N7O9S/c1-32-49(72-31-58-32)33-10-14-38(15-11-33)59-51(66)45-28-41(64)30-61(45)52(67)43(55(2,3)4)27-40(63)19-22-70-24-25-71-23-21-56-29-37-18-20-57-48-42(37)6-5-7-44(48)60-50(65)34-12-16-39(17-13-34)62-53(68)46-35-8-9-36(26-35)47(46)54(62)69/h5-18,20,31,35-36,41,43,45-47,56,64H,19,21-30H2,1-4H3,(H,59,66)(H,60,65)/t35-,36?,41+,43+,45-,46-,47+/m0/s1. The second kappa shape index (κ2) is 21.7. The highest BCUT2D eigenvalue weighted by molar-refractivity contribution is 7.13. The Morgan fingerprint density at radius 2 is 1.56 bits per heavy atom. The molecule has 3 aromatic carbocycles. The van der Waals surface area contributed by atoms with Crippen molar-refractivity contribution in [3.63, 3.8) is 0 Å². The van der Waals surface area contributed by atoms with Gasteiger partial charge >= 0.3 is 0 Å². The summed E-state index contributed by atoms with van der Waals surface area (Å²) in [6, 6.07) is 20.6. The van der Waals surface area contributed by atoms with Gasteiger partial charge in [-0.3, -0.25) is 38.7 Å². The van der Waals surface area contributed by atoms with Gasteiger partial charge in [0.25, 0.3) is 5.91 Å². The number of anilines is 3. The van der Waals surface area contributed by atoms with E-state index in [1.165, 1.54) is 9.80 Å². The number of nitrogens with zero attached hydrogens (tertiary/aromatic N) is 4. The fourth-order valence-electron chi connectivity index (χ4n) is 10.6. The second-order valence-corrected chi connectivity index (χ2v) is 21.1. The van der Waals surface area contributed by atoms with Gasteiger partial charge in [0.2, 0.25) is 23.6 Å². The van der Waals surface area contributed by atoms with Crippen molar-refractivity contribution in [2.24, 2.45) is 35.0 Å². The van der Waals surface area contributed by atoms with Gasteiger partial charge in [-0.15, -0.1) is 11.3 Å². The van der Waals surface area contributed by atoms with Crippen LogP contribution in [0.2, 0.25) is 0 Å². The minimum atomic E-state index is -0.878. The van der Waals surface area contributed by atoms with Crippen molar-refractivity contribution in [1.82, 2.24) is 20.2 Å². The van der Waals surface area contributed by atoms with E-state index in [1.54, 1.807) is 65.5 Å². The van der Waals surface area contributed by atoms with Gasteiger partial charge in [0.05, 0.1) is 77.3 Å². The average molecular weight is 996 g/mol. The van der Waals surface area contributed by atoms with Crippen molar-refractivity contribution < 1.29 is 43.3 Å². The van der Waals surface area contributed by atoms with Crippen molar-refractivity contribution in [2.45, 2.75) is 72.1 Å². The first-order valence-electron chi connectivity index (χ1n) is 24.7. The Hall–Kier alpha value is -6.50. The van der Waals surface area contributed by atoms with Gasteiger partial charge in [0.15, 0.2) is 0 Å². The number of rotatable bonds is 20. The van der Waals surface area contributed by atoms with E-state index in [0.29, 0.717) is 54.4 Å². The molecular weight excluding hydrogens is 935 g/mol. The minimum Gasteiger partial charge on any atom is -0.391 e. The molecule has 2 bridgehead atoms. The van der Waals surface area contributed by atoms with E-state index in [4.69, 9.17) is 9.47 Å². The number of β-amino-alcohol motifs (C(OH)–C–C–N with tert-alkyl or cyclic N) is 1. The molecule has 376 valence electrons. The Kier molecular flexibility index (Phi) is 15.2. The number of carbonyl (C=O) groups excluding carboxylic acids is 6. The van der Waals surface area contributed by atoms with Crippen molar-refractivity contribution in [3.8, 4) is 10.4 Å². The number of aliphatic hydroxyl groups is 1. The quantitative estimate of drug-likeness (QED) is 0.0354. The highest BCUT2D eigenvalue weighted by atomic mass is 32.1. The van der Waals surface area contributed by atoms with Gasteiger partial charge in [0.1, 0.15) is 11.8 Å². The number of nitrogens with one attached hydrogen (secondary N) is 3. The van der Waals surface area contributed by atoms with Crippen LogP contribution >= 0.6 is 11.3 Å². The number of fused-ring (bicyclic) bond motifs is 6. The molecule has 4 N–H and O–H groups in total. The van der Waals surface area contributed by atoms with Crippen LogP contribution in [0.1, 0.15) is 68.1 Å². The van der Waals surface area contributed by atoms with E-state index in [0.717, 1.165) is 33.5 Å². The van der Waals surface area contributed by atoms with E-state index in [9.17, 15) is 33.9 Å². The molecule has 1 unspecified atom stereocenters. The lowest BCUT2D eigenvalue weighted by atomic mass is 9.76. The molecule has 4 aliphatic rings. The monoisotopic (exact) mass is 995 g/mol. The fourth-order valence-corrected chi connectivity index (χ4v) is 11.4. The zero-order chi connectivity index (χ0) is 50.7. The van der Waals surface area contributed by atoms with Crippen LogP contribution < -0.4 is 20.9 Å². The number of hydrogen-bond donors (Lipinski definition) is 4. The maximum absolute atomic E-state index is 14.1. The minimum absolute atomic E-state index is 0.0117. The van der Waals surface area contributed by atoms with Gasteiger partial charge in [-0.1, -0.05) is 57.2 Å². The first-order chi connectivity index (χ1) is 34.7. The van der Waals surface area contributed by atoms with Crippen molar-refractivity contribution in [3.05, 3.63) is 113 Å². The number of ketones is 1. The number of ether oxygens (including phenoxy) is 2. The number of amides is 5. The number of allylic oxidation sites excluding steroid dienone is 2. The SMILES string of the molecule is Cc1ncsc1-c1ccc(NC(=O)[C@@H]2C[C@@H](O)CN2C(=O)[C@@H](CC(=O)CCOCCOCCNCc2ccnc3c(NC(=O)c4ccc(N5C(=O)[C@@H]6[C@H](C5=O)C5C=C[C@H]6C5)cc4)cccc23)C(C)(C)C)cc1. The Balaban J connectivity index is 0.677. The number of carbonyl (C=O) groups is 6. The van der Waals surface area contributed by atoms with Crippen molar-refractivity contribution >= 4 is 74.6 Å².